The molecule has 1 aromatic carbocycles. The van der Waals surface area contributed by atoms with Crippen LogP contribution in [-0.4, -0.2) is 16.0 Å². The van der Waals surface area contributed by atoms with Crippen LogP contribution in [0.5, 0.6) is 0 Å². The van der Waals surface area contributed by atoms with Gasteiger partial charge in [0.1, 0.15) is 0 Å². The molecule has 6 heteroatoms. The van der Waals surface area contributed by atoms with Gasteiger partial charge in [-0.2, -0.15) is 4.98 Å². The lowest BCUT2D eigenvalue weighted by Crippen LogP contribution is -2.05. The zero-order valence-corrected chi connectivity index (χ0v) is 12.9. The standard InChI is InChI=1S/C16H15N3O2S/c1-11(20)17-13-5-2-4-12(10-13)16-18-15(21-19-16)8-7-14-6-3-9-22-14/h2-6,9-10H,7-8H2,1H3,(H,17,20). The quantitative estimate of drug-likeness (QED) is 0.782. The van der Waals surface area contributed by atoms with E-state index in [0.717, 1.165) is 24.1 Å². The van der Waals surface area contributed by atoms with E-state index in [0.29, 0.717) is 11.7 Å². The van der Waals surface area contributed by atoms with E-state index in [-0.39, 0.29) is 5.91 Å². The Morgan fingerprint density at radius 3 is 2.95 bits per heavy atom. The van der Waals surface area contributed by atoms with Gasteiger partial charge in [0.2, 0.25) is 17.6 Å². The third-order valence-corrected chi connectivity index (χ3v) is 4.01. The van der Waals surface area contributed by atoms with E-state index in [1.54, 1.807) is 11.3 Å². The molecule has 0 saturated carbocycles. The number of benzene rings is 1. The fourth-order valence-corrected chi connectivity index (χ4v) is 2.81. The Morgan fingerprint density at radius 1 is 1.27 bits per heavy atom. The van der Waals surface area contributed by atoms with Crippen LogP contribution < -0.4 is 5.32 Å². The molecule has 0 saturated heterocycles. The molecule has 5 nitrogen and oxygen atoms in total. The van der Waals surface area contributed by atoms with Gasteiger partial charge in [-0.3, -0.25) is 4.79 Å². The van der Waals surface area contributed by atoms with Crippen molar-refractivity contribution in [3.63, 3.8) is 0 Å². The van der Waals surface area contributed by atoms with Crippen LogP contribution in [0.2, 0.25) is 0 Å². The van der Waals surface area contributed by atoms with Gasteiger partial charge in [-0.1, -0.05) is 23.4 Å². The van der Waals surface area contributed by atoms with Crippen LogP contribution in [0.15, 0.2) is 46.3 Å². The average Bonchev–Trinajstić information content (AvgIpc) is 3.16. The van der Waals surface area contributed by atoms with Gasteiger partial charge < -0.3 is 9.84 Å². The summed E-state index contributed by atoms with van der Waals surface area (Å²) in [4.78, 5) is 16.8. The van der Waals surface area contributed by atoms with E-state index in [9.17, 15) is 4.79 Å². The predicted molar refractivity (Wildman–Crippen MR) is 85.8 cm³/mol. The number of amides is 1. The van der Waals surface area contributed by atoms with E-state index in [1.807, 2.05) is 30.3 Å². The molecule has 0 unspecified atom stereocenters. The number of thiophene rings is 1. The number of nitrogens with one attached hydrogen (secondary N) is 1. The van der Waals surface area contributed by atoms with Crippen molar-refractivity contribution in [2.75, 3.05) is 5.32 Å². The molecule has 112 valence electrons. The number of nitrogens with zero attached hydrogens (tertiary/aromatic N) is 2. The summed E-state index contributed by atoms with van der Waals surface area (Å²) >= 11 is 1.72. The van der Waals surface area contributed by atoms with Crippen LogP contribution in [0, 0.1) is 0 Å². The third kappa shape index (κ3) is 3.59. The first-order chi connectivity index (χ1) is 10.7. The molecule has 3 rings (SSSR count). The first-order valence-corrected chi connectivity index (χ1v) is 7.81. The fourth-order valence-electron chi connectivity index (χ4n) is 2.10. The van der Waals surface area contributed by atoms with E-state index >= 15 is 0 Å². The summed E-state index contributed by atoms with van der Waals surface area (Å²) in [5.74, 6) is 1.05. The zero-order chi connectivity index (χ0) is 15.4. The molecule has 0 aliphatic carbocycles. The second-order valence-electron chi connectivity index (χ2n) is 4.85. The van der Waals surface area contributed by atoms with Crippen LogP contribution in [0.1, 0.15) is 17.7 Å². The van der Waals surface area contributed by atoms with Crippen molar-refractivity contribution in [1.82, 2.24) is 10.1 Å². The maximum absolute atomic E-state index is 11.1. The molecule has 3 aromatic rings. The van der Waals surface area contributed by atoms with E-state index in [2.05, 4.69) is 26.9 Å². The highest BCUT2D eigenvalue weighted by atomic mass is 32.1. The van der Waals surface area contributed by atoms with Gasteiger partial charge in [-0.05, 0) is 30.0 Å². The van der Waals surface area contributed by atoms with Gasteiger partial charge >= 0.3 is 0 Å². The molecule has 2 heterocycles. The third-order valence-electron chi connectivity index (χ3n) is 3.07. The van der Waals surface area contributed by atoms with Crippen LogP contribution in [-0.2, 0) is 17.6 Å². The van der Waals surface area contributed by atoms with Crippen LogP contribution in [0.25, 0.3) is 11.4 Å². The van der Waals surface area contributed by atoms with Crippen molar-refractivity contribution >= 4 is 22.9 Å². The Labute approximate surface area is 132 Å². The van der Waals surface area contributed by atoms with Gasteiger partial charge in [0.25, 0.3) is 0 Å². The molecule has 0 aliphatic heterocycles. The summed E-state index contributed by atoms with van der Waals surface area (Å²) in [5, 5.41) is 8.81. The zero-order valence-electron chi connectivity index (χ0n) is 12.1. The monoisotopic (exact) mass is 313 g/mol. The molecule has 1 N–H and O–H groups in total. The summed E-state index contributed by atoms with van der Waals surface area (Å²) in [6.45, 7) is 1.48. The van der Waals surface area contributed by atoms with Crippen molar-refractivity contribution in [3.05, 3.63) is 52.5 Å². The number of aryl methyl sites for hydroxylation is 2. The average molecular weight is 313 g/mol. The van der Waals surface area contributed by atoms with Crippen molar-refractivity contribution in [2.24, 2.45) is 0 Å². The minimum absolute atomic E-state index is 0.109. The number of anilines is 1. The molecule has 0 fully saturated rings. The van der Waals surface area contributed by atoms with Crippen LogP contribution in [0.4, 0.5) is 5.69 Å². The maximum Gasteiger partial charge on any atom is 0.227 e. The molecule has 0 aliphatic rings. The van der Waals surface area contributed by atoms with Crippen LogP contribution in [0.3, 0.4) is 0 Å². The van der Waals surface area contributed by atoms with E-state index < -0.39 is 0 Å². The second-order valence-corrected chi connectivity index (χ2v) is 5.89. The molecule has 1 amide bonds. The topological polar surface area (TPSA) is 68.0 Å². The van der Waals surface area contributed by atoms with Gasteiger partial charge in [0.05, 0.1) is 0 Å². The van der Waals surface area contributed by atoms with E-state index in [4.69, 9.17) is 4.52 Å². The number of carbonyl (C=O) groups is 1. The minimum atomic E-state index is -0.109. The Bertz CT molecular complexity index is 765. The number of hydrogen-bond donors (Lipinski definition) is 1. The largest absolute Gasteiger partial charge is 0.339 e. The van der Waals surface area contributed by atoms with Crippen molar-refractivity contribution in [2.45, 2.75) is 19.8 Å². The van der Waals surface area contributed by atoms with Crippen LogP contribution >= 0.6 is 11.3 Å². The normalized spacial score (nSPS) is 10.6. The maximum atomic E-state index is 11.1. The van der Waals surface area contributed by atoms with E-state index in [1.165, 1.54) is 11.8 Å². The molecule has 0 bridgehead atoms. The molecule has 0 radical (unpaired) electrons. The molecular weight excluding hydrogens is 298 g/mol. The Balaban J connectivity index is 1.71. The molecule has 2 aromatic heterocycles. The Kier molecular flexibility index (Phi) is 4.29. The van der Waals surface area contributed by atoms with Gasteiger partial charge in [0.15, 0.2) is 0 Å². The lowest BCUT2D eigenvalue weighted by atomic mass is 10.2. The summed E-state index contributed by atoms with van der Waals surface area (Å²) < 4.78 is 5.29. The lowest BCUT2D eigenvalue weighted by Gasteiger charge is -2.02. The summed E-state index contributed by atoms with van der Waals surface area (Å²) in [6.07, 6.45) is 1.62. The number of aromatic nitrogens is 2. The fraction of sp³-hybridized carbons (Fsp3) is 0.188. The second kappa shape index (κ2) is 6.53. The van der Waals surface area contributed by atoms with Crippen molar-refractivity contribution in [3.8, 4) is 11.4 Å². The summed E-state index contributed by atoms with van der Waals surface area (Å²) in [6, 6.07) is 11.5. The Hall–Kier alpha value is -2.47. The predicted octanol–water partition coefficient (Wildman–Crippen LogP) is 3.54. The summed E-state index contributed by atoms with van der Waals surface area (Å²) in [5.41, 5.74) is 1.53. The highest BCUT2D eigenvalue weighted by Gasteiger charge is 2.10. The molecular formula is C16H15N3O2S. The lowest BCUT2D eigenvalue weighted by molar-refractivity contribution is -0.114. The first-order valence-electron chi connectivity index (χ1n) is 6.94. The SMILES string of the molecule is CC(=O)Nc1cccc(-c2noc(CCc3cccs3)n2)c1. The summed E-state index contributed by atoms with van der Waals surface area (Å²) in [7, 11) is 0. The number of rotatable bonds is 5. The smallest absolute Gasteiger partial charge is 0.227 e. The van der Waals surface area contributed by atoms with Crippen molar-refractivity contribution < 1.29 is 9.32 Å². The van der Waals surface area contributed by atoms with Crippen molar-refractivity contribution in [1.29, 1.82) is 0 Å². The number of carbonyl (C=O) groups excluding carboxylic acids is 1. The highest BCUT2D eigenvalue weighted by Crippen LogP contribution is 2.21. The minimum Gasteiger partial charge on any atom is -0.339 e. The Morgan fingerprint density at radius 2 is 2.18 bits per heavy atom. The van der Waals surface area contributed by atoms with Gasteiger partial charge in [0, 0.05) is 29.5 Å². The molecule has 0 spiro atoms. The molecule has 22 heavy (non-hydrogen) atoms. The highest BCUT2D eigenvalue weighted by molar-refractivity contribution is 7.09. The number of hydrogen-bond acceptors (Lipinski definition) is 5. The molecule has 0 atom stereocenters. The van der Waals surface area contributed by atoms with Gasteiger partial charge in [-0.15, -0.1) is 11.3 Å². The van der Waals surface area contributed by atoms with Gasteiger partial charge in [-0.25, -0.2) is 0 Å². The first kappa shape index (κ1) is 14.5.